The van der Waals surface area contributed by atoms with Crippen molar-refractivity contribution in [3.05, 3.63) is 29.3 Å². The van der Waals surface area contributed by atoms with Gasteiger partial charge < -0.3 is 10.5 Å². The van der Waals surface area contributed by atoms with Crippen LogP contribution in [0.4, 0.5) is 5.69 Å². The molecule has 1 aliphatic rings. The molecule has 1 fully saturated rings. The molecule has 0 aromatic heterocycles. The van der Waals surface area contributed by atoms with Crippen LogP contribution in [0.3, 0.4) is 0 Å². The molecule has 0 unspecified atom stereocenters. The lowest BCUT2D eigenvalue weighted by molar-refractivity contribution is 0.184. The number of methoxy groups -OCH3 is 1. The van der Waals surface area contributed by atoms with Crippen molar-refractivity contribution in [1.29, 1.82) is 5.26 Å². The van der Waals surface area contributed by atoms with Crippen LogP contribution in [0, 0.1) is 17.2 Å². The van der Waals surface area contributed by atoms with Crippen LogP contribution in [-0.4, -0.2) is 13.7 Å². The summed E-state index contributed by atoms with van der Waals surface area (Å²) < 4.78 is 5.11. The lowest BCUT2D eigenvalue weighted by Gasteiger charge is -2.05. The number of anilines is 1. The Balaban J connectivity index is 2.24. The molecule has 3 heteroatoms. The molecule has 1 aromatic rings. The number of nitrogens with two attached hydrogens (primary N) is 1. The monoisotopic (exact) mass is 202 g/mol. The van der Waals surface area contributed by atoms with E-state index in [9.17, 15) is 0 Å². The molecule has 0 amide bonds. The van der Waals surface area contributed by atoms with E-state index in [1.807, 2.05) is 12.1 Å². The molecule has 0 spiro atoms. The van der Waals surface area contributed by atoms with Gasteiger partial charge in [-0.05, 0) is 29.9 Å². The van der Waals surface area contributed by atoms with Crippen LogP contribution in [0.25, 0.3) is 0 Å². The highest BCUT2D eigenvalue weighted by molar-refractivity contribution is 5.59. The summed E-state index contributed by atoms with van der Waals surface area (Å²) in [7, 11) is 1.71. The molecule has 0 heterocycles. The van der Waals surface area contributed by atoms with Gasteiger partial charge in [0, 0.05) is 19.4 Å². The van der Waals surface area contributed by atoms with Crippen molar-refractivity contribution in [2.45, 2.75) is 12.3 Å². The fourth-order valence-electron chi connectivity index (χ4n) is 2.05. The van der Waals surface area contributed by atoms with Crippen LogP contribution < -0.4 is 5.73 Å². The lowest BCUT2D eigenvalue weighted by atomic mass is 10.0. The van der Waals surface area contributed by atoms with Gasteiger partial charge in [0.1, 0.15) is 6.07 Å². The second-order valence-corrected chi connectivity index (χ2v) is 3.98. The van der Waals surface area contributed by atoms with Gasteiger partial charge in [-0.25, -0.2) is 0 Å². The third-order valence-corrected chi connectivity index (χ3v) is 2.94. The molecule has 2 rings (SSSR count). The van der Waals surface area contributed by atoms with Gasteiger partial charge in [-0.3, -0.25) is 0 Å². The first-order valence-electron chi connectivity index (χ1n) is 5.05. The maximum Gasteiger partial charge on any atom is 0.102 e. The Morgan fingerprint density at radius 1 is 1.60 bits per heavy atom. The summed E-state index contributed by atoms with van der Waals surface area (Å²) in [5, 5.41) is 9.03. The second kappa shape index (κ2) is 3.92. The molecule has 1 aromatic carbocycles. The largest absolute Gasteiger partial charge is 0.398 e. The Hall–Kier alpha value is -1.53. The van der Waals surface area contributed by atoms with Crippen LogP contribution in [0.5, 0.6) is 0 Å². The first-order valence-corrected chi connectivity index (χ1v) is 5.05. The van der Waals surface area contributed by atoms with Gasteiger partial charge in [0.05, 0.1) is 5.56 Å². The van der Waals surface area contributed by atoms with E-state index in [0.717, 1.165) is 18.6 Å². The predicted molar refractivity (Wildman–Crippen MR) is 58.3 cm³/mol. The van der Waals surface area contributed by atoms with Crippen LogP contribution in [0.1, 0.15) is 23.5 Å². The highest BCUT2D eigenvalue weighted by atomic mass is 16.5. The summed E-state index contributed by atoms with van der Waals surface area (Å²) in [6, 6.07) is 7.86. The normalized spacial score (nSPS) is 23.5. The lowest BCUT2D eigenvalue weighted by Crippen LogP contribution is -1.98. The standard InChI is InChI=1S/C12H14N2O/c1-15-7-8-5-10(8)9-3-2-4-12(14)11(9)6-13/h2-4,8,10H,5,7,14H2,1H3/t8-,10+/m0/s1. The van der Waals surface area contributed by atoms with Gasteiger partial charge in [-0.15, -0.1) is 0 Å². The minimum absolute atomic E-state index is 0.461. The van der Waals surface area contributed by atoms with E-state index >= 15 is 0 Å². The number of benzene rings is 1. The van der Waals surface area contributed by atoms with Gasteiger partial charge in [0.15, 0.2) is 0 Å². The molecular weight excluding hydrogens is 188 g/mol. The number of rotatable bonds is 3. The molecule has 15 heavy (non-hydrogen) atoms. The Labute approximate surface area is 89.5 Å². The smallest absolute Gasteiger partial charge is 0.102 e. The van der Waals surface area contributed by atoms with Gasteiger partial charge >= 0.3 is 0 Å². The van der Waals surface area contributed by atoms with Crippen LogP contribution in [-0.2, 0) is 4.74 Å². The zero-order chi connectivity index (χ0) is 10.8. The molecule has 0 saturated heterocycles. The number of nitriles is 1. The summed E-state index contributed by atoms with van der Waals surface area (Å²) in [4.78, 5) is 0. The summed E-state index contributed by atoms with van der Waals surface area (Å²) in [6.45, 7) is 0.768. The summed E-state index contributed by atoms with van der Waals surface area (Å²) in [6.07, 6.45) is 1.10. The van der Waals surface area contributed by atoms with Gasteiger partial charge in [-0.2, -0.15) is 5.26 Å². The molecule has 0 radical (unpaired) electrons. The molecule has 3 nitrogen and oxygen atoms in total. The van der Waals surface area contributed by atoms with E-state index in [1.54, 1.807) is 13.2 Å². The minimum atomic E-state index is 0.461. The molecule has 1 aliphatic carbocycles. The summed E-state index contributed by atoms with van der Waals surface area (Å²) in [5.41, 5.74) is 8.07. The van der Waals surface area contributed by atoms with Crippen LogP contribution >= 0.6 is 0 Å². The molecule has 0 bridgehead atoms. The third kappa shape index (κ3) is 1.81. The van der Waals surface area contributed by atoms with Gasteiger partial charge in [0.25, 0.3) is 0 Å². The van der Waals surface area contributed by atoms with Crippen molar-refractivity contribution in [2.75, 3.05) is 19.5 Å². The molecule has 2 atom stereocenters. The Kier molecular flexibility index (Phi) is 2.61. The number of nitrogen functional groups attached to an aromatic ring is 1. The van der Waals surface area contributed by atoms with Crippen LogP contribution in [0.2, 0.25) is 0 Å². The topological polar surface area (TPSA) is 59.0 Å². The van der Waals surface area contributed by atoms with E-state index in [-0.39, 0.29) is 0 Å². The maximum atomic E-state index is 9.03. The van der Waals surface area contributed by atoms with Crippen molar-refractivity contribution >= 4 is 5.69 Å². The SMILES string of the molecule is COC[C@@H]1C[C@H]1c1cccc(N)c1C#N. The van der Waals surface area contributed by atoms with E-state index in [4.69, 9.17) is 15.7 Å². The number of hydrogen-bond donors (Lipinski definition) is 1. The predicted octanol–water partition coefficient (Wildman–Crippen LogP) is 1.89. The Morgan fingerprint density at radius 3 is 3.07 bits per heavy atom. The first kappa shape index (κ1) is 10.0. The first-order chi connectivity index (χ1) is 7.27. The number of nitrogens with zero attached hydrogens (tertiary/aromatic N) is 1. The third-order valence-electron chi connectivity index (χ3n) is 2.94. The molecule has 78 valence electrons. The second-order valence-electron chi connectivity index (χ2n) is 3.98. The fourth-order valence-corrected chi connectivity index (χ4v) is 2.05. The van der Waals surface area contributed by atoms with E-state index in [0.29, 0.717) is 23.1 Å². The van der Waals surface area contributed by atoms with Crippen molar-refractivity contribution in [3.8, 4) is 6.07 Å². The quantitative estimate of drug-likeness (QED) is 0.761. The van der Waals surface area contributed by atoms with Gasteiger partial charge in [-0.1, -0.05) is 12.1 Å². The number of hydrogen-bond acceptors (Lipinski definition) is 3. The average Bonchev–Trinajstić information content (AvgIpc) is 2.97. The van der Waals surface area contributed by atoms with Crippen LogP contribution in [0.15, 0.2) is 18.2 Å². The van der Waals surface area contributed by atoms with E-state index in [1.165, 1.54) is 0 Å². The van der Waals surface area contributed by atoms with Crippen molar-refractivity contribution < 1.29 is 4.74 Å². The molecule has 0 aliphatic heterocycles. The maximum absolute atomic E-state index is 9.03. The molecular formula is C12H14N2O. The highest BCUT2D eigenvalue weighted by Crippen LogP contribution is 2.49. The number of ether oxygens (including phenoxy) is 1. The van der Waals surface area contributed by atoms with Gasteiger partial charge in [0.2, 0.25) is 0 Å². The summed E-state index contributed by atoms with van der Waals surface area (Å²) >= 11 is 0. The van der Waals surface area contributed by atoms with E-state index < -0.39 is 0 Å². The highest BCUT2D eigenvalue weighted by Gasteiger charge is 2.39. The molecule has 2 N–H and O–H groups in total. The minimum Gasteiger partial charge on any atom is -0.398 e. The molecule has 1 saturated carbocycles. The van der Waals surface area contributed by atoms with E-state index in [2.05, 4.69) is 6.07 Å². The van der Waals surface area contributed by atoms with Crippen molar-refractivity contribution in [2.24, 2.45) is 5.92 Å². The average molecular weight is 202 g/mol. The van der Waals surface area contributed by atoms with Crippen molar-refractivity contribution in [1.82, 2.24) is 0 Å². The fraction of sp³-hybridized carbons (Fsp3) is 0.417. The zero-order valence-corrected chi connectivity index (χ0v) is 8.73. The summed E-state index contributed by atoms with van der Waals surface area (Å²) in [5.74, 6) is 1.02. The zero-order valence-electron chi connectivity index (χ0n) is 8.73. The Bertz CT molecular complexity index is 409. The Morgan fingerprint density at radius 2 is 2.40 bits per heavy atom. The van der Waals surface area contributed by atoms with Crippen molar-refractivity contribution in [3.63, 3.8) is 0 Å².